The first-order valence-corrected chi connectivity index (χ1v) is 8.77. The summed E-state index contributed by atoms with van der Waals surface area (Å²) in [5.41, 5.74) is 4.61. The molecule has 0 saturated heterocycles. The van der Waals surface area contributed by atoms with E-state index in [0.717, 1.165) is 30.0 Å². The third-order valence-corrected chi connectivity index (χ3v) is 4.23. The molecular formula is C22H23N3O. The van der Waals surface area contributed by atoms with Crippen molar-refractivity contribution in [2.45, 2.75) is 20.4 Å². The smallest absolute Gasteiger partial charge is 0.257 e. The van der Waals surface area contributed by atoms with E-state index in [2.05, 4.69) is 34.3 Å². The van der Waals surface area contributed by atoms with Gasteiger partial charge in [-0.05, 0) is 43.2 Å². The molecule has 0 radical (unpaired) electrons. The van der Waals surface area contributed by atoms with E-state index in [1.165, 1.54) is 5.56 Å². The molecule has 0 atom stereocenters. The molecule has 0 spiro atoms. The molecule has 26 heavy (non-hydrogen) atoms. The number of nitrogens with zero attached hydrogens (tertiary/aromatic N) is 2. The molecular weight excluding hydrogens is 322 g/mol. The van der Waals surface area contributed by atoms with Crippen LogP contribution in [0.25, 0.3) is 0 Å². The fourth-order valence-electron chi connectivity index (χ4n) is 2.84. The van der Waals surface area contributed by atoms with Gasteiger partial charge in [-0.25, -0.2) is 0 Å². The minimum absolute atomic E-state index is 0.152. The molecule has 132 valence electrons. The maximum Gasteiger partial charge on any atom is 0.257 e. The minimum Gasteiger partial charge on any atom is -0.366 e. The molecule has 1 aromatic heterocycles. The lowest BCUT2D eigenvalue weighted by molar-refractivity contribution is 0.102. The van der Waals surface area contributed by atoms with Gasteiger partial charge in [0, 0.05) is 25.0 Å². The molecule has 1 amide bonds. The van der Waals surface area contributed by atoms with Gasteiger partial charge in [-0.2, -0.15) is 0 Å². The third-order valence-electron chi connectivity index (χ3n) is 4.23. The maximum absolute atomic E-state index is 12.6. The van der Waals surface area contributed by atoms with E-state index in [-0.39, 0.29) is 5.91 Å². The highest BCUT2D eigenvalue weighted by Gasteiger charge is 2.11. The highest BCUT2D eigenvalue weighted by Crippen LogP contribution is 2.19. The van der Waals surface area contributed by atoms with Gasteiger partial charge in [0.25, 0.3) is 5.91 Å². The molecule has 0 aliphatic heterocycles. The summed E-state index contributed by atoms with van der Waals surface area (Å²) < 4.78 is 0. The third kappa shape index (κ3) is 4.48. The van der Waals surface area contributed by atoms with Crippen molar-refractivity contribution in [1.29, 1.82) is 0 Å². The molecule has 3 rings (SSSR count). The number of aromatic nitrogens is 1. The van der Waals surface area contributed by atoms with Crippen molar-refractivity contribution in [3.8, 4) is 0 Å². The van der Waals surface area contributed by atoms with Gasteiger partial charge in [-0.15, -0.1) is 0 Å². The van der Waals surface area contributed by atoms with Crippen LogP contribution in [0.1, 0.15) is 28.4 Å². The number of hydrogen-bond donors (Lipinski definition) is 1. The SMILES string of the molecule is CCN(Cc1ccccc1)c1cncc(C(=O)Nc2cccc(C)c2)c1. The standard InChI is InChI=1S/C22H23N3O/c1-3-25(16-18-9-5-4-6-10-18)21-13-19(14-23-15-21)22(26)24-20-11-7-8-17(2)12-20/h4-15H,3,16H2,1-2H3,(H,24,26). The Hall–Kier alpha value is -3.14. The monoisotopic (exact) mass is 345 g/mol. The zero-order valence-corrected chi connectivity index (χ0v) is 15.1. The van der Waals surface area contributed by atoms with Crippen LogP contribution >= 0.6 is 0 Å². The highest BCUT2D eigenvalue weighted by atomic mass is 16.1. The van der Waals surface area contributed by atoms with E-state index in [1.54, 1.807) is 12.4 Å². The van der Waals surface area contributed by atoms with Crippen LogP contribution in [0, 0.1) is 6.92 Å². The Bertz CT molecular complexity index is 877. The number of benzene rings is 2. The van der Waals surface area contributed by atoms with Gasteiger partial charge in [-0.3, -0.25) is 9.78 Å². The average Bonchev–Trinajstić information content (AvgIpc) is 2.67. The molecule has 4 nitrogen and oxygen atoms in total. The predicted octanol–water partition coefficient (Wildman–Crippen LogP) is 4.67. The summed E-state index contributed by atoms with van der Waals surface area (Å²) in [6.45, 7) is 5.71. The quantitative estimate of drug-likeness (QED) is 0.706. The van der Waals surface area contributed by atoms with Crippen LogP contribution in [0.5, 0.6) is 0 Å². The van der Waals surface area contributed by atoms with Crippen LogP contribution in [-0.4, -0.2) is 17.4 Å². The number of rotatable bonds is 6. The number of pyridine rings is 1. The molecule has 0 saturated carbocycles. The number of amides is 1. The van der Waals surface area contributed by atoms with Gasteiger partial charge in [0.15, 0.2) is 0 Å². The summed E-state index contributed by atoms with van der Waals surface area (Å²) in [7, 11) is 0. The molecule has 0 unspecified atom stereocenters. The lowest BCUT2D eigenvalue weighted by Gasteiger charge is -2.23. The van der Waals surface area contributed by atoms with Gasteiger partial charge in [-0.1, -0.05) is 42.5 Å². The van der Waals surface area contributed by atoms with Crippen LogP contribution in [0.3, 0.4) is 0 Å². The van der Waals surface area contributed by atoms with Crippen LogP contribution in [0.4, 0.5) is 11.4 Å². The van der Waals surface area contributed by atoms with Crippen molar-refractivity contribution in [3.05, 3.63) is 89.7 Å². The fraction of sp³-hybridized carbons (Fsp3) is 0.182. The Labute approximate surface area is 154 Å². The van der Waals surface area contributed by atoms with Crippen molar-refractivity contribution in [1.82, 2.24) is 4.98 Å². The Kier molecular flexibility index (Phi) is 5.64. The first-order chi connectivity index (χ1) is 12.7. The van der Waals surface area contributed by atoms with Crippen molar-refractivity contribution in [2.75, 3.05) is 16.8 Å². The predicted molar refractivity (Wildman–Crippen MR) is 107 cm³/mol. The van der Waals surface area contributed by atoms with Crippen molar-refractivity contribution >= 4 is 17.3 Å². The molecule has 1 heterocycles. The number of anilines is 2. The summed E-state index contributed by atoms with van der Waals surface area (Å²) >= 11 is 0. The first kappa shape index (κ1) is 17.7. The van der Waals surface area contributed by atoms with Crippen LogP contribution in [0.15, 0.2) is 73.1 Å². The molecule has 0 bridgehead atoms. The minimum atomic E-state index is -0.152. The van der Waals surface area contributed by atoms with E-state index in [1.807, 2.05) is 55.5 Å². The molecule has 0 aliphatic rings. The molecule has 4 heteroatoms. The molecule has 1 N–H and O–H groups in total. The van der Waals surface area contributed by atoms with Crippen molar-refractivity contribution in [2.24, 2.45) is 0 Å². The van der Waals surface area contributed by atoms with Crippen LogP contribution in [-0.2, 0) is 6.54 Å². The molecule has 2 aromatic carbocycles. The normalized spacial score (nSPS) is 10.4. The van der Waals surface area contributed by atoms with E-state index >= 15 is 0 Å². The van der Waals surface area contributed by atoms with Gasteiger partial charge in [0.2, 0.25) is 0 Å². The lowest BCUT2D eigenvalue weighted by atomic mass is 10.2. The summed E-state index contributed by atoms with van der Waals surface area (Å²) in [5.74, 6) is -0.152. The number of nitrogens with one attached hydrogen (secondary N) is 1. The van der Waals surface area contributed by atoms with Crippen LogP contribution < -0.4 is 10.2 Å². The van der Waals surface area contributed by atoms with Crippen molar-refractivity contribution < 1.29 is 4.79 Å². The van der Waals surface area contributed by atoms with Crippen LogP contribution in [0.2, 0.25) is 0 Å². The number of hydrogen-bond acceptors (Lipinski definition) is 3. The van der Waals surface area contributed by atoms with Gasteiger partial charge < -0.3 is 10.2 Å². The topological polar surface area (TPSA) is 45.2 Å². The summed E-state index contributed by atoms with van der Waals surface area (Å²) in [4.78, 5) is 19.1. The average molecular weight is 345 g/mol. The molecule has 0 aliphatic carbocycles. The summed E-state index contributed by atoms with van der Waals surface area (Å²) in [6, 6.07) is 19.9. The van der Waals surface area contributed by atoms with E-state index in [0.29, 0.717) is 5.56 Å². The molecule has 0 fully saturated rings. The Morgan fingerprint density at radius 3 is 2.58 bits per heavy atom. The van der Waals surface area contributed by atoms with Crippen molar-refractivity contribution in [3.63, 3.8) is 0 Å². The number of carbonyl (C=O) groups excluding carboxylic acids is 1. The van der Waals surface area contributed by atoms with Gasteiger partial charge in [0.05, 0.1) is 17.4 Å². The largest absolute Gasteiger partial charge is 0.366 e. The second-order valence-electron chi connectivity index (χ2n) is 6.26. The van der Waals surface area contributed by atoms with Gasteiger partial charge in [0.1, 0.15) is 0 Å². The van der Waals surface area contributed by atoms with E-state index in [4.69, 9.17) is 0 Å². The van der Waals surface area contributed by atoms with E-state index < -0.39 is 0 Å². The van der Waals surface area contributed by atoms with E-state index in [9.17, 15) is 4.79 Å². The Morgan fingerprint density at radius 1 is 1.04 bits per heavy atom. The summed E-state index contributed by atoms with van der Waals surface area (Å²) in [6.07, 6.45) is 3.40. The second kappa shape index (κ2) is 8.30. The van der Waals surface area contributed by atoms with Gasteiger partial charge >= 0.3 is 0 Å². The lowest BCUT2D eigenvalue weighted by Crippen LogP contribution is -2.23. The maximum atomic E-state index is 12.6. The fourth-order valence-corrected chi connectivity index (χ4v) is 2.84. The Morgan fingerprint density at radius 2 is 1.85 bits per heavy atom. The molecule has 3 aromatic rings. The zero-order valence-electron chi connectivity index (χ0n) is 15.1. The summed E-state index contributed by atoms with van der Waals surface area (Å²) in [5, 5.41) is 2.94. The number of aryl methyl sites for hydroxylation is 1. The Balaban J connectivity index is 1.77. The number of carbonyl (C=O) groups is 1. The first-order valence-electron chi connectivity index (χ1n) is 8.77. The zero-order chi connectivity index (χ0) is 18.4. The second-order valence-corrected chi connectivity index (χ2v) is 6.26. The highest BCUT2D eigenvalue weighted by molar-refractivity contribution is 6.04.